The van der Waals surface area contributed by atoms with Gasteiger partial charge in [-0.1, -0.05) is 10.7 Å². The number of fused-ring (bicyclic) bond motifs is 1. The molecule has 0 aliphatic carbocycles. The van der Waals surface area contributed by atoms with E-state index in [2.05, 4.69) is 15.0 Å². The van der Waals surface area contributed by atoms with Crippen molar-refractivity contribution in [1.82, 2.24) is 19.5 Å². The standard InChI is InChI=1S/C12H18ClN5O3S/c1-22(2,13)3-6-8(19)9(20)12(21-6)18-5-17-7-10(14)15-4-16-11(7)18/h4-6,8-9,12,19-20H,3H2,1-2H3,(H2,14,15,16)/t6-,8-,9-,12-/m1/s1. The highest BCUT2D eigenvalue weighted by Crippen LogP contribution is 2.48. The second-order valence-electron chi connectivity index (χ2n) is 5.70. The summed E-state index contributed by atoms with van der Waals surface area (Å²) in [4.78, 5) is 12.1. The molecule has 1 saturated heterocycles. The number of aliphatic hydroxyl groups excluding tert-OH is 2. The summed E-state index contributed by atoms with van der Waals surface area (Å²) < 4.78 is 7.37. The van der Waals surface area contributed by atoms with Gasteiger partial charge in [-0.3, -0.25) is 4.57 Å². The first-order valence-electron chi connectivity index (χ1n) is 6.63. The Kier molecular flexibility index (Phi) is 3.94. The Morgan fingerprint density at radius 1 is 1.32 bits per heavy atom. The second kappa shape index (κ2) is 5.50. The third-order valence-corrected chi connectivity index (χ3v) is 5.06. The summed E-state index contributed by atoms with van der Waals surface area (Å²) in [6, 6.07) is 0. The third-order valence-electron chi connectivity index (χ3n) is 3.56. The van der Waals surface area contributed by atoms with Gasteiger partial charge >= 0.3 is 0 Å². The molecule has 2 aromatic heterocycles. The van der Waals surface area contributed by atoms with Gasteiger partial charge in [-0.2, -0.15) is 9.24 Å². The van der Waals surface area contributed by atoms with Crippen LogP contribution >= 0.6 is 19.9 Å². The number of anilines is 1. The molecule has 4 atom stereocenters. The molecule has 22 heavy (non-hydrogen) atoms. The Morgan fingerprint density at radius 3 is 2.73 bits per heavy atom. The molecule has 2 aromatic rings. The maximum atomic E-state index is 10.3. The largest absolute Gasteiger partial charge is 0.387 e. The van der Waals surface area contributed by atoms with Gasteiger partial charge in [0.05, 0.1) is 12.4 Å². The van der Waals surface area contributed by atoms with Gasteiger partial charge in [0.25, 0.3) is 0 Å². The van der Waals surface area contributed by atoms with Gasteiger partial charge in [0.1, 0.15) is 24.1 Å². The maximum absolute atomic E-state index is 10.3. The van der Waals surface area contributed by atoms with Gasteiger partial charge in [0.15, 0.2) is 17.7 Å². The van der Waals surface area contributed by atoms with Crippen molar-refractivity contribution >= 4 is 36.9 Å². The van der Waals surface area contributed by atoms with E-state index < -0.39 is 33.8 Å². The van der Waals surface area contributed by atoms with Crippen molar-refractivity contribution in [2.24, 2.45) is 0 Å². The van der Waals surface area contributed by atoms with Gasteiger partial charge < -0.3 is 20.7 Å². The smallest absolute Gasteiger partial charge is 0.167 e. The molecule has 122 valence electrons. The lowest BCUT2D eigenvalue weighted by Gasteiger charge is -2.26. The molecule has 0 spiro atoms. The van der Waals surface area contributed by atoms with Crippen LogP contribution in [0.25, 0.3) is 11.2 Å². The SMILES string of the molecule is CS(C)(Cl)C[C@H]1O[C@@H](n2cnc3c(N)ncnc32)[C@H](O)[C@@H]1O. The Hall–Kier alpha value is -1.13. The first kappa shape index (κ1) is 15.8. The number of halogens is 1. The molecular formula is C12H18ClN5O3S. The Bertz CT molecular complexity index is 691. The number of nitrogens with zero attached hydrogens (tertiary/aromatic N) is 4. The van der Waals surface area contributed by atoms with Crippen LogP contribution in [0.3, 0.4) is 0 Å². The van der Waals surface area contributed by atoms with Crippen molar-refractivity contribution in [3.8, 4) is 0 Å². The molecule has 0 saturated carbocycles. The minimum Gasteiger partial charge on any atom is -0.387 e. The van der Waals surface area contributed by atoms with E-state index in [0.29, 0.717) is 16.9 Å². The molecule has 1 fully saturated rings. The summed E-state index contributed by atoms with van der Waals surface area (Å²) in [5.74, 6) is 0.729. The van der Waals surface area contributed by atoms with Crippen LogP contribution in [-0.4, -0.2) is 66.3 Å². The normalized spacial score (nSPS) is 30.0. The molecule has 8 nitrogen and oxygen atoms in total. The number of hydrogen-bond donors (Lipinski definition) is 3. The first-order chi connectivity index (χ1) is 10.3. The van der Waals surface area contributed by atoms with E-state index in [9.17, 15) is 10.2 Å². The Morgan fingerprint density at radius 2 is 2.05 bits per heavy atom. The summed E-state index contributed by atoms with van der Waals surface area (Å²) in [6.45, 7) is 0. The number of ether oxygens (including phenoxy) is 1. The van der Waals surface area contributed by atoms with Crippen molar-refractivity contribution in [3.05, 3.63) is 12.7 Å². The monoisotopic (exact) mass is 347 g/mol. The van der Waals surface area contributed by atoms with Crippen LogP contribution in [0, 0.1) is 0 Å². The average molecular weight is 348 g/mol. The molecule has 1 aliphatic rings. The minimum absolute atomic E-state index is 0.250. The van der Waals surface area contributed by atoms with Gasteiger partial charge in [-0.25, -0.2) is 15.0 Å². The van der Waals surface area contributed by atoms with E-state index in [0.717, 1.165) is 0 Å². The summed E-state index contributed by atoms with van der Waals surface area (Å²) >= 11 is 0. The summed E-state index contributed by atoms with van der Waals surface area (Å²) in [7, 11) is 4.87. The molecule has 0 radical (unpaired) electrons. The molecule has 10 heteroatoms. The highest BCUT2D eigenvalue weighted by molar-refractivity contribution is 8.50. The second-order valence-corrected chi connectivity index (χ2v) is 11.3. The molecule has 1 aliphatic heterocycles. The average Bonchev–Trinajstić information content (AvgIpc) is 2.95. The van der Waals surface area contributed by atoms with Crippen LogP contribution < -0.4 is 5.73 Å². The number of aromatic nitrogens is 4. The van der Waals surface area contributed by atoms with E-state index in [4.69, 9.17) is 21.2 Å². The quantitative estimate of drug-likeness (QED) is 0.727. The van der Waals surface area contributed by atoms with Gasteiger partial charge in [0, 0.05) is 5.75 Å². The van der Waals surface area contributed by atoms with Crippen LogP contribution in [0.5, 0.6) is 0 Å². The lowest BCUT2D eigenvalue weighted by molar-refractivity contribution is -0.0289. The zero-order chi connectivity index (χ0) is 16.1. The molecule has 0 amide bonds. The van der Waals surface area contributed by atoms with Crippen LogP contribution in [0.4, 0.5) is 5.82 Å². The van der Waals surface area contributed by atoms with Crippen LogP contribution in [0.1, 0.15) is 6.23 Å². The molecular weight excluding hydrogens is 330 g/mol. The van der Waals surface area contributed by atoms with Crippen molar-refractivity contribution in [2.45, 2.75) is 24.5 Å². The van der Waals surface area contributed by atoms with E-state index >= 15 is 0 Å². The number of nitrogens with two attached hydrogens (primary N) is 1. The first-order valence-corrected chi connectivity index (χ1v) is 10.1. The predicted molar refractivity (Wildman–Crippen MR) is 85.8 cm³/mol. The zero-order valence-corrected chi connectivity index (χ0v) is 13.7. The van der Waals surface area contributed by atoms with E-state index in [1.807, 2.05) is 12.5 Å². The van der Waals surface area contributed by atoms with E-state index in [1.54, 1.807) is 4.57 Å². The number of nitrogen functional groups attached to an aromatic ring is 1. The summed E-state index contributed by atoms with van der Waals surface area (Å²) in [5.41, 5.74) is 6.62. The van der Waals surface area contributed by atoms with E-state index in [1.165, 1.54) is 12.7 Å². The fourth-order valence-electron chi connectivity index (χ4n) is 2.54. The van der Waals surface area contributed by atoms with Crippen LogP contribution in [0.2, 0.25) is 0 Å². The zero-order valence-electron chi connectivity index (χ0n) is 12.1. The Balaban J connectivity index is 1.93. The molecule has 0 bridgehead atoms. The van der Waals surface area contributed by atoms with Crippen molar-refractivity contribution in [3.63, 3.8) is 0 Å². The molecule has 4 N–H and O–H groups in total. The fraction of sp³-hybridized carbons (Fsp3) is 0.583. The Labute approximate surface area is 133 Å². The predicted octanol–water partition coefficient (Wildman–Crippen LogP) is 0.246. The third kappa shape index (κ3) is 2.74. The minimum atomic E-state index is -1.40. The molecule has 0 unspecified atom stereocenters. The van der Waals surface area contributed by atoms with Gasteiger partial charge in [0.2, 0.25) is 0 Å². The number of rotatable bonds is 3. The van der Waals surface area contributed by atoms with Crippen molar-refractivity contribution in [1.29, 1.82) is 0 Å². The summed E-state index contributed by atoms with van der Waals surface area (Å²) in [5, 5.41) is 20.5. The number of aliphatic hydroxyl groups is 2. The fourth-order valence-corrected chi connectivity index (χ4v) is 3.97. The number of hydrogen-bond acceptors (Lipinski definition) is 7. The van der Waals surface area contributed by atoms with Gasteiger partial charge in [-0.15, -0.1) is 0 Å². The maximum Gasteiger partial charge on any atom is 0.167 e. The van der Waals surface area contributed by atoms with Crippen LogP contribution in [0.15, 0.2) is 12.7 Å². The lowest BCUT2D eigenvalue weighted by Crippen LogP contribution is -2.33. The molecule has 0 aromatic carbocycles. The molecule has 3 rings (SSSR count). The molecule has 3 heterocycles. The van der Waals surface area contributed by atoms with Crippen LogP contribution in [-0.2, 0) is 4.74 Å². The van der Waals surface area contributed by atoms with Crippen molar-refractivity contribution in [2.75, 3.05) is 24.0 Å². The summed E-state index contributed by atoms with van der Waals surface area (Å²) in [6.07, 6.45) is 3.14. The van der Waals surface area contributed by atoms with E-state index in [-0.39, 0.29) is 5.82 Å². The highest BCUT2D eigenvalue weighted by Gasteiger charge is 2.45. The van der Waals surface area contributed by atoms with Crippen molar-refractivity contribution < 1.29 is 14.9 Å². The number of imidazole rings is 1. The van der Waals surface area contributed by atoms with Gasteiger partial charge in [-0.05, 0) is 12.5 Å². The topological polar surface area (TPSA) is 119 Å². The lowest BCUT2D eigenvalue weighted by atomic mass is 10.1. The highest BCUT2D eigenvalue weighted by atomic mass is 35.7.